The third kappa shape index (κ3) is 3.98. The lowest BCUT2D eigenvalue weighted by Gasteiger charge is -2.10. The topological polar surface area (TPSA) is 111 Å². The van der Waals surface area contributed by atoms with Crippen molar-refractivity contribution in [2.45, 2.75) is 20.8 Å². The summed E-state index contributed by atoms with van der Waals surface area (Å²) in [5, 5.41) is 14.1. The van der Waals surface area contributed by atoms with E-state index in [0.717, 1.165) is 5.69 Å². The van der Waals surface area contributed by atoms with E-state index in [0.29, 0.717) is 40.2 Å². The molecule has 0 saturated carbocycles. The van der Waals surface area contributed by atoms with Gasteiger partial charge in [0.25, 0.3) is 5.91 Å². The molecule has 0 unspecified atom stereocenters. The molecule has 0 saturated heterocycles. The Kier molecular flexibility index (Phi) is 4.78. The number of hydrogen-bond donors (Lipinski definition) is 2. The second-order valence-electron chi connectivity index (χ2n) is 6.46. The molecule has 4 aromatic rings. The zero-order valence-electron chi connectivity index (χ0n) is 16.2. The molecule has 9 heteroatoms. The summed E-state index contributed by atoms with van der Waals surface area (Å²) in [5.41, 5.74) is 2.50. The van der Waals surface area contributed by atoms with Gasteiger partial charge in [-0.1, -0.05) is 5.16 Å². The maximum Gasteiger partial charge on any atom is 0.261 e. The summed E-state index contributed by atoms with van der Waals surface area (Å²) in [4.78, 5) is 21.2. The Morgan fingerprint density at radius 2 is 1.83 bits per heavy atom. The van der Waals surface area contributed by atoms with Gasteiger partial charge in [0, 0.05) is 29.8 Å². The summed E-state index contributed by atoms with van der Waals surface area (Å²) in [6, 6.07) is 11.0. The standard InChI is InChI=1S/C20H19N7O2/c1-12-19(13(2)29-26-12)20(28)25-16-7-5-15(6-8-16)24-17-11-18(23-14(3)22-17)27-10-4-9-21-27/h4-11H,1-3H3,(H,25,28)(H,22,23,24). The van der Waals surface area contributed by atoms with Crippen molar-refractivity contribution in [1.29, 1.82) is 0 Å². The van der Waals surface area contributed by atoms with Crippen molar-refractivity contribution in [3.05, 3.63) is 71.6 Å². The highest BCUT2D eigenvalue weighted by Crippen LogP contribution is 2.20. The largest absolute Gasteiger partial charge is 0.361 e. The van der Waals surface area contributed by atoms with Crippen molar-refractivity contribution >= 4 is 23.1 Å². The molecule has 0 aliphatic carbocycles. The van der Waals surface area contributed by atoms with Gasteiger partial charge in [-0.3, -0.25) is 4.79 Å². The molecular formula is C20H19N7O2. The fraction of sp³-hybridized carbons (Fsp3) is 0.150. The van der Waals surface area contributed by atoms with Crippen LogP contribution in [0.25, 0.3) is 5.82 Å². The van der Waals surface area contributed by atoms with E-state index in [1.54, 1.807) is 36.9 Å². The van der Waals surface area contributed by atoms with Crippen molar-refractivity contribution in [1.82, 2.24) is 24.9 Å². The lowest BCUT2D eigenvalue weighted by Crippen LogP contribution is -2.13. The van der Waals surface area contributed by atoms with Crippen LogP contribution in [0, 0.1) is 20.8 Å². The van der Waals surface area contributed by atoms with Crippen LogP contribution in [-0.2, 0) is 0 Å². The van der Waals surface area contributed by atoms with E-state index >= 15 is 0 Å². The monoisotopic (exact) mass is 389 g/mol. The first kappa shape index (κ1) is 18.4. The number of amides is 1. The van der Waals surface area contributed by atoms with Crippen LogP contribution in [0.1, 0.15) is 27.6 Å². The van der Waals surface area contributed by atoms with Gasteiger partial charge in [-0.05, 0) is 51.1 Å². The molecule has 3 aromatic heterocycles. The van der Waals surface area contributed by atoms with Gasteiger partial charge in [-0.15, -0.1) is 0 Å². The van der Waals surface area contributed by atoms with Crippen molar-refractivity contribution < 1.29 is 9.32 Å². The number of benzene rings is 1. The zero-order valence-corrected chi connectivity index (χ0v) is 16.2. The molecule has 0 aliphatic rings. The smallest absolute Gasteiger partial charge is 0.261 e. The molecule has 0 spiro atoms. The Morgan fingerprint density at radius 1 is 1.07 bits per heavy atom. The van der Waals surface area contributed by atoms with Crippen LogP contribution < -0.4 is 10.6 Å². The molecule has 0 aliphatic heterocycles. The van der Waals surface area contributed by atoms with E-state index in [1.165, 1.54) is 0 Å². The van der Waals surface area contributed by atoms with Crippen molar-refractivity contribution in [3.63, 3.8) is 0 Å². The minimum Gasteiger partial charge on any atom is -0.361 e. The lowest BCUT2D eigenvalue weighted by molar-refractivity contribution is 0.102. The number of aromatic nitrogens is 5. The first-order valence-electron chi connectivity index (χ1n) is 8.96. The Hall–Kier alpha value is -4.01. The number of nitrogens with one attached hydrogen (secondary N) is 2. The first-order chi connectivity index (χ1) is 14.0. The number of carbonyl (C=O) groups is 1. The Morgan fingerprint density at radius 3 is 2.48 bits per heavy atom. The van der Waals surface area contributed by atoms with Gasteiger partial charge in [0.2, 0.25) is 0 Å². The molecular weight excluding hydrogens is 370 g/mol. The SMILES string of the molecule is Cc1nc(Nc2ccc(NC(=O)c3c(C)noc3C)cc2)cc(-n2cccn2)n1. The van der Waals surface area contributed by atoms with Crippen LogP contribution in [0.5, 0.6) is 0 Å². The molecule has 29 heavy (non-hydrogen) atoms. The van der Waals surface area contributed by atoms with E-state index in [2.05, 4.69) is 30.9 Å². The van der Waals surface area contributed by atoms with Crippen molar-refractivity contribution in [2.24, 2.45) is 0 Å². The second-order valence-corrected chi connectivity index (χ2v) is 6.46. The van der Waals surface area contributed by atoms with Crippen LogP contribution in [0.3, 0.4) is 0 Å². The van der Waals surface area contributed by atoms with E-state index in [1.807, 2.05) is 37.4 Å². The summed E-state index contributed by atoms with van der Waals surface area (Å²) in [6.45, 7) is 5.27. The lowest BCUT2D eigenvalue weighted by atomic mass is 10.2. The summed E-state index contributed by atoms with van der Waals surface area (Å²) in [7, 11) is 0. The Bertz CT molecular complexity index is 1130. The number of rotatable bonds is 5. The highest BCUT2D eigenvalue weighted by Gasteiger charge is 2.17. The van der Waals surface area contributed by atoms with Crippen LogP contribution in [0.15, 0.2) is 53.3 Å². The second kappa shape index (κ2) is 7.55. The van der Waals surface area contributed by atoms with Crippen molar-refractivity contribution in [3.8, 4) is 5.82 Å². The maximum atomic E-state index is 12.4. The number of nitrogens with zero attached hydrogens (tertiary/aromatic N) is 5. The summed E-state index contributed by atoms with van der Waals surface area (Å²) in [6.07, 6.45) is 3.52. The van der Waals surface area contributed by atoms with Gasteiger partial charge in [0.05, 0.1) is 5.69 Å². The molecule has 1 amide bonds. The molecule has 0 atom stereocenters. The van der Waals surface area contributed by atoms with Gasteiger partial charge in [-0.2, -0.15) is 5.10 Å². The van der Waals surface area contributed by atoms with Crippen LogP contribution >= 0.6 is 0 Å². The third-order valence-electron chi connectivity index (χ3n) is 4.24. The van der Waals surface area contributed by atoms with Gasteiger partial charge in [0.15, 0.2) is 5.82 Å². The average molecular weight is 389 g/mol. The molecule has 3 heterocycles. The summed E-state index contributed by atoms with van der Waals surface area (Å²) in [5.74, 6) is 2.19. The fourth-order valence-electron chi connectivity index (χ4n) is 2.92. The molecule has 9 nitrogen and oxygen atoms in total. The molecule has 0 bridgehead atoms. The van der Waals surface area contributed by atoms with Crippen LogP contribution in [0.2, 0.25) is 0 Å². The third-order valence-corrected chi connectivity index (χ3v) is 4.24. The Labute approximate surface area is 166 Å². The number of anilines is 3. The molecule has 2 N–H and O–H groups in total. The van der Waals surface area contributed by atoms with E-state index in [-0.39, 0.29) is 5.91 Å². The zero-order chi connectivity index (χ0) is 20.4. The molecule has 146 valence electrons. The van der Waals surface area contributed by atoms with E-state index in [4.69, 9.17) is 4.52 Å². The highest BCUT2D eigenvalue weighted by molar-refractivity contribution is 6.05. The normalized spacial score (nSPS) is 10.7. The molecule has 0 radical (unpaired) electrons. The summed E-state index contributed by atoms with van der Waals surface area (Å²) < 4.78 is 6.72. The minimum atomic E-state index is -0.253. The highest BCUT2D eigenvalue weighted by atomic mass is 16.5. The first-order valence-corrected chi connectivity index (χ1v) is 8.96. The molecule has 0 fully saturated rings. The number of aryl methyl sites for hydroxylation is 3. The van der Waals surface area contributed by atoms with Crippen molar-refractivity contribution in [2.75, 3.05) is 10.6 Å². The van der Waals surface area contributed by atoms with E-state index < -0.39 is 0 Å². The fourth-order valence-corrected chi connectivity index (χ4v) is 2.92. The van der Waals surface area contributed by atoms with Gasteiger partial charge in [-0.25, -0.2) is 14.6 Å². The predicted octanol–water partition coefficient (Wildman–Crippen LogP) is 3.57. The minimum absolute atomic E-state index is 0.253. The van der Waals surface area contributed by atoms with Gasteiger partial charge < -0.3 is 15.2 Å². The maximum absolute atomic E-state index is 12.4. The van der Waals surface area contributed by atoms with E-state index in [9.17, 15) is 4.79 Å². The van der Waals surface area contributed by atoms with Crippen LogP contribution in [-0.4, -0.2) is 30.8 Å². The summed E-state index contributed by atoms with van der Waals surface area (Å²) >= 11 is 0. The van der Waals surface area contributed by atoms with Gasteiger partial charge in [0.1, 0.15) is 23.0 Å². The Balaban J connectivity index is 1.48. The number of hydrogen-bond acceptors (Lipinski definition) is 7. The number of carbonyl (C=O) groups excluding carboxylic acids is 1. The molecule has 4 rings (SSSR count). The van der Waals surface area contributed by atoms with Crippen LogP contribution in [0.4, 0.5) is 17.2 Å². The predicted molar refractivity (Wildman–Crippen MR) is 108 cm³/mol. The average Bonchev–Trinajstić information content (AvgIpc) is 3.33. The van der Waals surface area contributed by atoms with Gasteiger partial charge >= 0.3 is 0 Å². The quantitative estimate of drug-likeness (QED) is 0.537. The molecule has 1 aromatic carbocycles.